The number of nitrogens with zero attached hydrogens (tertiary/aromatic N) is 5. The number of hydrogen-bond donors (Lipinski definition) is 6. The van der Waals surface area contributed by atoms with E-state index in [2.05, 4.69) is 25.4 Å². The molecule has 2 fully saturated rings. The average Bonchev–Trinajstić information content (AvgIpc) is 3.70. The first-order valence-corrected chi connectivity index (χ1v) is 14.5. The van der Waals surface area contributed by atoms with Gasteiger partial charge in [0, 0.05) is 23.4 Å². The first-order valence-electron chi connectivity index (χ1n) is 13.6. The van der Waals surface area contributed by atoms with Crippen LogP contribution in [0.5, 0.6) is 0 Å². The summed E-state index contributed by atoms with van der Waals surface area (Å²) in [5.41, 5.74) is 5.77. The van der Waals surface area contributed by atoms with Crippen LogP contribution in [0.2, 0.25) is 0 Å². The minimum Gasteiger partial charge on any atom is -0.395 e. The highest BCUT2D eigenvalue weighted by Crippen LogP contribution is 2.30. The van der Waals surface area contributed by atoms with Gasteiger partial charge in [-0.1, -0.05) is 19.3 Å². The number of carbonyl (C=O) groups excluding carboxylic acids is 1. The Labute approximate surface area is 248 Å². The molecule has 1 aliphatic heterocycles. The van der Waals surface area contributed by atoms with Crippen LogP contribution in [0.15, 0.2) is 40.6 Å². The molecule has 1 saturated heterocycles. The van der Waals surface area contributed by atoms with E-state index in [-0.39, 0.29) is 23.1 Å². The number of aromatic nitrogens is 4. The number of allylic oxidation sites excluding steroid dienone is 1. The lowest BCUT2D eigenvalue weighted by atomic mass is 9.96. The molecular formula is C27H31F2N7O6S. The lowest BCUT2D eigenvalue weighted by Gasteiger charge is -2.39. The van der Waals surface area contributed by atoms with E-state index in [4.69, 9.17) is 10.5 Å². The van der Waals surface area contributed by atoms with Gasteiger partial charge in [-0.2, -0.15) is 9.49 Å². The van der Waals surface area contributed by atoms with Gasteiger partial charge in [-0.05, 0) is 25.0 Å². The summed E-state index contributed by atoms with van der Waals surface area (Å²) >= 11 is 1.11. The molecule has 16 heteroatoms. The maximum Gasteiger partial charge on any atom is 0.275 e. The fourth-order valence-electron chi connectivity index (χ4n) is 4.90. The molecule has 230 valence electrons. The Morgan fingerprint density at radius 1 is 1.16 bits per heavy atom. The normalized spacial score (nSPS) is 25.6. The molecule has 43 heavy (non-hydrogen) atoms. The first-order chi connectivity index (χ1) is 20.7. The van der Waals surface area contributed by atoms with E-state index in [1.807, 2.05) is 0 Å². The van der Waals surface area contributed by atoms with Crippen molar-refractivity contribution in [3.05, 3.63) is 58.8 Å². The number of amides is 1. The second kappa shape index (κ2) is 13.3. The van der Waals surface area contributed by atoms with Crippen LogP contribution in [0, 0.1) is 11.8 Å². The topological polar surface area (TPSA) is 201 Å². The van der Waals surface area contributed by atoms with Gasteiger partial charge >= 0.3 is 0 Å². The summed E-state index contributed by atoms with van der Waals surface area (Å²) in [5, 5.41) is 48.5. The van der Waals surface area contributed by atoms with E-state index >= 15 is 0 Å². The van der Waals surface area contributed by atoms with Crippen molar-refractivity contribution >= 4 is 29.2 Å². The third kappa shape index (κ3) is 6.79. The van der Waals surface area contributed by atoms with E-state index in [1.165, 1.54) is 28.7 Å². The first kappa shape index (κ1) is 30.8. The molecule has 1 saturated carbocycles. The van der Waals surface area contributed by atoms with Gasteiger partial charge in [0.1, 0.15) is 40.8 Å². The van der Waals surface area contributed by atoms with Crippen molar-refractivity contribution in [1.29, 1.82) is 0 Å². The van der Waals surface area contributed by atoms with Crippen molar-refractivity contribution in [1.82, 2.24) is 25.1 Å². The highest BCUT2D eigenvalue weighted by atomic mass is 32.1. The fraction of sp³-hybridized carbons (Fsp3) is 0.444. The average molecular weight is 620 g/mol. The number of halogens is 2. The van der Waals surface area contributed by atoms with Gasteiger partial charge in [0.15, 0.2) is 12.0 Å². The van der Waals surface area contributed by atoms with Gasteiger partial charge in [-0.15, -0.1) is 11.3 Å². The van der Waals surface area contributed by atoms with Gasteiger partial charge in [0.25, 0.3) is 5.91 Å². The van der Waals surface area contributed by atoms with Crippen LogP contribution in [-0.2, 0) is 4.74 Å². The Kier molecular flexibility index (Phi) is 9.53. The standard InChI is InChI=1S/C27H31F2N7O6S/c28-15-6-7-19(29)35-21(15)20(30)16(9-31-14-4-2-1-3-5-14)33-25(41)17-12-43-26(34-17)13-8-32-36(10-13)27-24(40)23(39)22(38)18(11-37)42-27/h6-10,12,14,18,22-24,27,37-40H,1-5,11,30H2,(H,33,41). The van der Waals surface area contributed by atoms with Crippen molar-refractivity contribution in [3.8, 4) is 10.6 Å². The summed E-state index contributed by atoms with van der Waals surface area (Å²) in [7, 11) is 0. The smallest absolute Gasteiger partial charge is 0.275 e. The third-order valence-electron chi connectivity index (χ3n) is 7.31. The van der Waals surface area contributed by atoms with Crippen LogP contribution in [0.3, 0.4) is 0 Å². The molecule has 1 amide bonds. The molecule has 3 aromatic rings. The van der Waals surface area contributed by atoms with Gasteiger partial charge in [0.2, 0.25) is 5.95 Å². The highest BCUT2D eigenvalue weighted by Gasteiger charge is 2.44. The van der Waals surface area contributed by atoms with Crippen molar-refractivity contribution in [2.24, 2.45) is 10.7 Å². The van der Waals surface area contributed by atoms with Gasteiger partial charge in [-0.25, -0.2) is 19.0 Å². The van der Waals surface area contributed by atoms with Gasteiger partial charge in [-0.3, -0.25) is 9.79 Å². The van der Waals surface area contributed by atoms with Crippen molar-refractivity contribution < 1.29 is 38.7 Å². The summed E-state index contributed by atoms with van der Waals surface area (Å²) in [6.45, 7) is -0.589. The maximum atomic E-state index is 14.5. The molecule has 13 nitrogen and oxygen atoms in total. The molecule has 5 atom stereocenters. The highest BCUT2D eigenvalue weighted by molar-refractivity contribution is 7.13. The van der Waals surface area contributed by atoms with E-state index in [0.717, 1.165) is 55.6 Å². The maximum absolute atomic E-state index is 14.5. The minimum atomic E-state index is -1.58. The summed E-state index contributed by atoms with van der Waals surface area (Å²) in [5.74, 6) is -2.50. The Morgan fingerprint density at radius 3 is 2.67 bits per heavy atom. The quantitative estimate of drug-likeness (QED) is 0.157. The second-order valence-electron chi connectivity index (χ2n) is 10.3. The predicted octanol–water partition coefficient (Wildman–Crippen LogP) is 1.11. The van der Waals surface area contributed by atoms with E-state index in [9.17, 15) is 34.0 Å². The molecule has 7 N–H and O–H groups in total. The number of ether oxygens (including phenoxy) is 1. The molecule has 3 aromatic heterocycles. The summed E-state index contributed by atoms with van der Waals surface area (Å²) in [6, 6.07) is 1.75. The zero-order valence-electron chi connectivity index (χ0n) is 22.8. The predicted molar refractivity (Wildman–Crippen MR) is 150 cm³/mol. The van der Waals surface area contributed by atoms with Crippen LogP contribution < -0.4 is 11.1 Å². The number of carbonyl (C=O) groups is 1. The molecule has 4 heterocycles. The largest absolute Gasteiger partial charge is 0.395 e. The number of nitrogens with two attached hydrogens (primary N) is 1. The number of rotatable bonds is 8. The number of thiazole rings is 1. The lowest BCUT2D eigenvalue weighted by Crippen LogP contribution is -2.56. The van der Waals surface area contributed by atoms with Crippen LogP contribution in [0.25, 0.3) is 16.3 Å². The van der Waals surface area contributed by atoms with Crippen molar-refractivity contribution in [2.75, 3.05) is 6.61 Å². The van der Waals surface area contributed by atoms with E-state index in [0.29, 0.717) is 10.6 Å². The van der Waals surface area contributed by atoms with Crippen LogP contribution in [0.1, 0.15) is 54.5 Å². The third-order valence-corrected chi connectivity index (χ3v) is 8.20. The van der Waals surface area contributed by atoms with Crippen LogP contribution in [-0.4, -0.2) is 89.4 Å². The van der Waals surface area contributed by atoms with Crippen molar-refractivity contribution in [3.63, 3.8) is 0 Å². The number of aliphatic hydroxyl groups is 4. The second-order valence-corrected chi connectivity index (χ2v) is 11.1. The SMILES string of the molecule is NC(=C(C=NC1CCCCC1)NC(=O)c1csc(-c2cnn(C3OC(CO)C(O)C(O)C3O)c2)n1)c1nc(F)ccc1F. The zero-order valence-corrected chi connectivity index (χ0v) is 23.6. The number of aliphatic imine (C=N–C) groups is 1. The minimum absolute atomic E-state index is 0.00451. The summed E-state index contributed by atoms with van der Waals surface area (Å²) in [6.07, 6.45) is 2.11. The Bertz CT molecular complexity index is 1510. The summed E-state index contributed by atoms with van der Waals surface area (Å²) in [4.78, 5) is 25.6. The Hall–Kier alpha value is -3.67. The molecule has 1 aliphatic carbocycles. The monoisotopic (exact) mass is 619 g/mol. The Balaban J connectivity index is 1.36. The van der Waals surface area contributed by atoms with Crippen LogP contribution in [0.4, 0.5) is 8.78 Å². The molecule has 5 rings (SSSR count). The van der Waals surface area contributed by atoms with E-state index in [1.54, 1.807) is 0 Å². The molecule has 0 spiro atoms. The molecule has 2 aliphatic rings. The molecule has 0 bridgehead atoms. The Morgan fingerprint density at radius 2 is 1.93 bits per heavy atom. The number of hydrogen-bond acceptors (Lipinski definition) is 12. The summed E-state index contributed by atoms with van der Waals surface area (Å²) < 4.78 is 35.0. The molecular weight excluding hydrogens is 588 g/mol. The zero-order chi connectivity index (χ0) is 30.7. The number of nitrogens with one attached hydrogen (secondary N) is 1. The number of pyridine rings is 1. The van der Waals surface area contributed by atoms with Gasteiger partial charge in [0.05, 0.1) is 30.2 Å². The van der Waals surface area contributed by atoms with E-state index < -0.39 is 60.6 Å². The number of aliphatic hydroxyl groups excluding tert-OH is 4. The molecule has 0 radical (unpaired) electrons. The molecule has 5 unspecified atom stereocenters. The van der Waals surface area contributed by atoms with Crippen LogP contribution >= 0.6 is 11.3 Å². The molecule has 0 aromatic carbocycles. The lowest BCUT2D eigenvalue weighted by molar-refractivity contribution is -0.253. The van der Waals surface area contributed by atoms with Gasteiger partial charge < -0.3 is 36.2 Å². The fourth-order valence-corrected chi connectivity index (χ4v) is 5.67. The van der Waals surface area contributed by atoms with Crippen molar-refractivity contribution in [2.45, 2.75) is 68.8 Å².